The Bertz CT molecular complexity index is 683. The van der Waals surface area contributed by atoms with Crippen molar-refractivity contribution < 1.29 is 8.78 Å². The van der Waals surface area contributed by atoms with E-state index in [1.54, 1.807) is 24.3 Å². The van der Waals surface area contributed by atoms with Crippen LogP contribution in [-0.4, -0.2) is 22.8 Å². The molecule has 0 spiro atoms. The Balaban J connectivity index is 1.59. The average Bonchev–Trinajstić information content (AvgIpc) is 3.01. The molecule has 2 aromatic rings. The first-order valence-corrected chi connectivity index (χ1v) is 9.64. The quantitative estimate of drug-likeness (QED) is 0.498. The standard InChI is InChI=1S/C18H24F2N4S/c1-2-10-21-25-24-15-8-6-12(7-9-15)17-16(20)18(23-22-17)13-4-3-5-14(19)11-13/h3-5,11-12,15,21,24H,2,6-10H2,1H3,(H,22,23). The van der Waals surface area contributed by atoms with E-state index in [0.29, 0.717) is 17.3 Å². The Hall–Kier alpha value is -1.44. The zero-order chi connectivity index (χ0) is 17.6. The van der Waals surface area contributed by atoms with Gasteiger partial charge in [0.2, 0.25) is 0 Å². The summed E-state index contributed by atoms with van der Waals surface area (Å²) in [6, 6.07) is 6.34. The van der Waals surface area contributed by atoms with Gasteiger partial charge in [0.15, 0.2) is 5.82 Å². The minimum atomic E-state index is -0.387. The molecule has 1 fully saturated rings. The van der Waals surface area contributed by atoms with Crippen LogP contribution in [-0.2, 0) is 0 Å². The number of hydrogen-bond donors (Lipinski definition) is 3. The Labute approximate surface area is 151 Å². The maximum atomic E-state index is 14.8. The fourth-order valence-electron chi connectivity index (χ4n) is 3.22. The Morgan fingerprint density at radius 3 is 2.76 bits per heavy atom. The molecule has 0 atom stereocenters. The van der Waals surface area contributed by atoms with E-state index in [2.05, 4.69) is 26.6 Å². The lowest BCUT2D eigenvalue weighted by atomic mass is 9.84. The Morgan fingerprint density at radius 2 is 2.04 bits per heavy atom. The first-order valence-electron chi connectivity index (χ1n) is 8.83. The molecule has 0 aliphatic heterocycles. The van der Waals surface area contributed by atoms with E-state index < -0.39 is 0 Å². The molecule has 4 nitrogen and oxygen atoms in total. The normalized spacial score (nSPS) is 20.8. The lowest BCUT2D eigenvalue weighted by Gasteiger charge is -2.28. The Morgan fingerprint density at radius 1 is 1.24 bits per heavy atom. The number of benzene rings is 1. The maximum Gasteiger partial charge on any atom is 0.172 e. The van der Waals surface area contributed by atoms with Gasteiger partial charge in [0, 0.05) is 36.2 Å². The van der Waals surface area contributed by atoms with Crippen molar-refractivity contribution in [2.75, 3.05) is 6.54 Å². The van der Waals surface area contributed by atoms with Crippen LogP contribution in [0, 0.1) is 11.6 Å². The molecule has 0 radical (unpaired) electrons. The fourth-order valence-corrected chi connectivity index (χ4v) is 4.01. The number of rotatable bonds is 7. The molecule has 1 aliphatic rings. The number of aromatic amines is 1. The second-order valence-electron chi connectivity index (χ2n) is 6.47. The summed E-state index contributed by atoms with van der Waals surface area (Å²) in [6.45, 7) is 3.12. The molecule has 1 aromatic carbocycles. The zero-order valence-electron chi connectivity index (χ0n) is 14.3. The largest absolute Gasteiger partial charge is 0.279 e. The molecular weight excluding hydrogens is 342 g/mol. The van der Waals surface area contributed by atoms with E-state index in [0.717, 1.165) is 38.6 Å². The second-order valence-corrected chi connectivity index (χ2v) is 7.20. The summed E-state index contributed by atoms with van der Waals surface area (Å²) in [5, 5.41) is 6.95. The van der Waals surface area contributed by atoms with E-state index >= 15 is 0 Å². The van der Waals surface area contributed by atoms with Gasteiger partial charge in [-0.05, 0) is 44.2 Å². The number of hydrogen-bond acceptors (Lipinski definition) is 4. The molecule has 1 aromatic heterocycles. The molecule has 0 amide bonds. The number of aromatic nitrogens is 2. The van der Waals surface area contributed by atoms with Crippen LogP contribution >= 0.6 is 12.1 Å². The topological polar surface area (TPSA) is 52.7 Å². The van der Waals surface area contributed by atoms with Gasteiger partial charge in [-0.3, -0.25) is 9.82 Å². The van der Waals surface area contributed by atoms with Crippen LogP contribution in [0.25, 0.3) is 11.3 Å². The van der Waals surface area contributed by atoms with Crippen molar-refractivity contribution in [1.29, 1.82) is 0 Å². The third-order valence-corrected chi connectivity index (χ3v) is 5.42. The fraction of sp³-hybridized carbons (Fsp3) is 0.500. The number of nitrogens with zero attached hydrogens (tertiary/aromatic N) is 1. The van der Waals surface area contributed by atoms with Crippen molar-refractivity contribution in [1.82, 2.24) is 19.6 Å². The van der Waals surface area contributed by atoms with Gasteiger partial charge >= 0.3 is 0 Å². The summed E-state index contributed by atoms with van der Waals surface area (Å²) >= 11 is 1.56. The average molecular weight is 366 g/mol. The molecule has 7 heteroatoms. The van der Waals surface area contributed by atoms with E-state index in [1.165, 1.54) is 12.1 Å². The molecule has 3 N–H and O–H groups in total. The molecule has 136 valence electrons. The van der Waals surface area contributed by atoms with Crippen molar-refractivity contribution in [2.45, 2.75) is 51.0 Å². The van der Waals surface area contributed by atoms with Crippen LogP contribution in [0.2, 0.25) is 0 Å². The summed E-state index contributed by atoms with van der Waals surface area (Å²) in [5.74, 6) is -0.593. The van der Waals surface area contributed by atoms with Crippen molar-refractivity contribution in [2.24, 2.45) is 0 Å². The van der Waals surface area contributed by atoms with Gasteiger partial charge in [-0.2, -0.15) is 5.10 Å². The van der Waals surface area contributed by atoms with Crippen LogP contribution in [0.4, 0.5) is 8.78 Å². The van der Waals surface area contributed by atoms with Crippen LogP contribution in [0.1, 0.15) is 50.6 Å². The smallest absolute Gasteiger partial charge is 0.172 e. The molecule has 1 saturated carbocycles. The van der Waals surface area contributed by atoms with Crippen molar-refractivity contribution >= 4 is 12.1 Å². The maximum absolute atomic E-state index is 14.8. The van der Waals surface area contributed by atoms with Gasteiger partial charge < -0.3 is 0 Å². The summed E-state index contributed by atoms with van der Waals surface area (Å²) in [5.41, 5.74) is 1.22. The number of H-pyrrole nitrogens is 1. The van der Waals surface area contributed by atoms with Crippen molar-refractivity contribution in [3.63, 3.8) is 0 Å². The summed E-state index contributed by atoms with van der Waals surface area (Å²) in [4.78, 5) is 0. The van der Waals surface area contributed by atoms with E-state index in [9.17, 15) is 8.78 Å². The van der Waals surface area contributed by atoms with Gasteiger partial charge in [0.25, 0.3) is 0 Å². The van der Waals surface area contributed by atoms with E-state index in [-0.39, 0.29) is 23.2 Å². The van der Waals surface area contributed by atoms with E-state index in [4.69, 9.17) is 0 Å². The van der Waals surface area contributed by atoms with Gasteiger partial charge in [0.1, 0.15) is 11.5 Å². The van der Waals surface area contributed by atoms with Crippen LogP contribution in [0.5, 0.6) is 0 Å². The molecule has 25 heavy (non-hydrogen) atoms. The minimum Gasteiger partial charge on any atom is -0.279 e. The number of halogens is 2. The molecule has 0 unspecified atom stereocenters. The molecule has 3 rings (SSSR count). The van der Waals surface area contributed by atoms with Gasteiger partial charge in [-0.15, -0.1) is 0 Å². The predicted molar refractivity (Wildman–Crippen MR) is 98.0 cm³/mol. The molecule has 1 aliphatic carbocycles. The van der Waals surface area contributed by atoms with Crippen molar-refractivity contribution in [3.05, 3.63) is 41.6 Å². The second kappa shape index (κ2) is 8.78. The molecule has 1 heterocycles. The first-order chi connectivity index (χ1) is 12.2. The summed E-state index contributed by atoms with van der Waals surface area (Å²) < 4.78 is 34.8. The lowest BCUT2D eigenvalue weighted by molar-refractivity contribution is 0.369. The molecule has 0 bridgehead atoms. The highest BCUT2D eigenvalue weighted by atomic mass is 32.2. The van der Waals surface area contributed by atoms with E-state index in [1.807, 2.05) is 0 Å². The van der Waals surface area contributed by atoms with Gasteiger partial charge in [0.05, 0.1) is 5.69 Å². The third-order valence-electron chi connectivity index (χ3n) is 4.62. The summed E-state index contributed by atoms with van der Waals surface area (Å²) in [6.07, 6.45) is 4.92. The first kappa shape index (κ1) is 18.4. The summed E-state index contributed by atoms with van der Waals surface area (Å²) in [7, 11) is 0. The number of nitrogens with one attached hydrogen (secondary N) is 3. The van der Waals surface area contributed by atoms with Crippen LogP contribution in [0.3, 0.4) is 0 Å². The highest BCUT2D eigenvalue weighted by Crippen LogP contribution is 2.36. The van der Waals surface area contributed by atoms with Gasteiger partial charge in [-0.1, -0.05) is 19.1 Å². The highest BCUT2D eigenvalue weighted by Gasteiger charge is 2.27. The van der Waals surface area contributed by atoms with Crippen molar-refractivity contribution in [3.8, 4) is 11.3 Å². The third kappa shape index (κ3) is 4.59. The Kier molecular flexibility index (Phi) is 6.45. The molecule has 0 saturated heterocycles. The predicted octanol–water partition coefficient (Wildman–Crippen LogP) is 4.53. The SMILES string of the molecule is CCCNSNC1CCC(c2[nH]nc(-c3cccc(F)c3)c2F)CC1. The van der Waals surface area contributed by atoms with Gasteiger partial charge in [-0.25, -0.2) is 13.5 Å². The minimum absolute atomic E-state index is 0.140. The highest BCUT2D eigenvalue weighted by molar-refractivity contribution is 7.95. The monoisotopic (exact) mass is 366 g/mol. The lowest BCUT2D eigenvalue weighted by Crippen LogP contribution is -2.30. The van der Waals surface area contributed by atoms with Crippen LogP contribution < -0.4 is 9.44 Å². The van der Waals surface area contributed by atoms with Crippen LogP contribution in [0.15, 0.2) is 24.3 Å². The zero-order valence-corrected chi connectivity index (χ0v) is 15.1. The molecular formula is C18H24F2N4S.